The summed E-state index contributed by atoms with van der Waals surface area (Å²) in [5.74, 6) is 0. The van der Waals surface area contributed by atoms with E-state index in [2.05, 4.69) is 20.8 Å². The third-order valence-electron chi connectivity index (χ3n) is 2.94. The van der Waals surface area contributed by atoms with E-state index in [4.69, 9.17) is 4.74 Å². The number of aliphatic hydroxyl groups is 1. The summed E-state index contributed by atoms with van der Waals surface area (Å²) in [7, 11) is 0. The van der Waals surface area contributed by atoms with Gasteiger partial charge in [0.2, 0.25) is 0 Å². The quantitative estimate of drug-likeness (QED) is 0.605. The van der Waals surface area contributed by atoms with Crippen molar-refractivity contribution in [3.8, 4) is 0 Å². The Morgan fingerprint density at radius 2 is 1.83 bits per heavy atom. The standard InChI is InChI=1S/C10H20O2/c1-9(2,3)10(11)5-4-7-12-8-6-10/h11H,4-8H2,1-3H3. The van der Waals surface area contributed by atoms with Gasteiger partial charge < -0.3 is 9.84 Å². The van der Waals surface area contributed by atoms with Crippen molar-refractivity contribution in [1.82, 2.24) is 0 Å². The second-order valence-corrected chi connectivity index (χ2v) is 4.75. The van der Waals surface area contributed by atoms with Gasteiger partial charge >= 0.3 is 0 Å². The molecule has 1 aliphatic rings. The van der Waals surface area contributed by atoms with Crippen molar-refractivity contribution in [3.63, 3.8) is 0 Å². The lowest BCUT2D eigenvalue weighted by atomic mass is 9.72. The Bertz CT molecular complexity index is 138. The zero-order chi connectivity index (χ0) is 9.24. The van der Waals surface area contributed by atoms with Gasteiger partial charge in [-0.25, -0.2) is 0 Å². The third-order valence-corrected chi connectivity index (χ3v) is 2.94. The highest BCUT2D eigenvalue weighted by Gasteiger charge is 2.39. The fourth-order valence-electron chi connectivity index (χ4n) is 1.68. The van der Waals surface area contributed by atoms with E-state index in [1.165, 1.54) is 0 Å². The van der Waals surface area contributed by atoms with E-state index >= 15 is 0 Å². The van der Waals surface area contributed by atoms with Gasteiger partial charge in [-0.1, -0.05) is 20.8 Å². The highest BCUT2D eigenvalue weighted by atomic mass is 16.5. The first-order chi connectivity index (χ1) is 5.46. The van der Waals surface area contributed by atoms with Crippen molar-refractivity contribution < 1.29 is 9.84 Å². The zero-order valence-electron chi connectivity index (χ0n) is 8.39. The minimum absolute atomic E-state index is 0.0271. The summed E-state index contributed by atoms with van der Waals surface area (Å²) in [5.41, 5.74) is -0.551. The molecule has 1 aliphatic heterocycles. The molecular formula is C10H20O2. The van der Waals surface area contributed by atoms with Gasteiger partial charge in [0.1, 0.15) is 0 Å². The monoisotopic (exact) mass is 172 g/mol. The largest absolute Gasteiger partial charge is 0.389 e. The first kappa shape index (κ1) is 10.0. The Balaban J connectivity index is 2.67. The van der Waals surface area contributed by atoms with Crippen molar-refractivity contribution in [2.24, 2.45) is 5.41 Å². The number of hydrogen-bond donors (Lipinski definition) is 1. The van der Waals surface area contributed by atoms with Gasteiger partial charge in [0.15, 0.2) is 0 Å². The molecule has 1 fully saturated rings. The van der Waals surface area contributed by atoms with Crippen molar-refractivity contribution in [2.45, 2.75) is 45.6 Å². The van der Waals surface area contributed by atoms with Gasteiger partial charge in [-0.2, -0.15) is 0 Å². The average Bonchev–Trinajstić information content (AvgIpc) is 2.12. The van der Waals surface area contributed by atoms with Crippen molar-refractivity contribution in [1.29, 1.82) is 0 Å². The molecule has 1 N–H and O–H groups in total. The fraction of sp³-hybridized carbons (Fsp3) is 1.00. The van der Waals surface area contributed by atoms with Crippen LogP contribution in [0.3, 0.4) is 0 Å². The molecule has 1 heterocycles. The Kier molecular flexibility index (Phi) is 2.79. The second kappa shape index (κ2) is 3.35. The maximum atomic E-state index is 10.3. The Morgan fingerprint density at radius 3 is 2.42 bits per heavy atom. The number of hydrogen-bond acceptors (Lipinski definition) is 2. The van der Waals surface area contributed by atoms with Crippen LogP contribution in [-0.4, -0.2) is 23.9 Å². The maximum Gasteiger partial charge on any atom is 0.0718 e. The van der Waals surface area contributed by atoms with Crippen molar-refractivity contribution in [3.05, 3.63) is 0 Å². The molecule has 0 bridgehead atoms. The molecule has 0 aromatic carbocycles. The summed E-state index contributed by atoms with van der Waals surface area (Å²) in [6.07, 6.45) is 2.63. The van der Waals surface area contributed by atoms with Gasteiger partial charge in [0, 0.05) is 13.2 Å². The van der Waals surface area contributed by atoms with Crippen LogP contribution < -0.4 is 0 Å². The van der Waals surface area contributed by atoms with Gasteiger partial charge in [0.25, 0.3) is 0 Å². The first-order valence-electron chi connectivity index (χ1n) is 4.76. The molecule has 0 amide bonds. The van der Waals surface area contributed by atoms with Crippen molar-refractivity contribution in [2.75, 3.05) is 13.2 Å². The van der Waals surface area contributed by atoms with E-state index in [-0.39, 0.29) is 5.41 Å². The lowest BCUT2D eigenvalue weighted by Crippen LogP contribution is -2.42. The maximum absolute atomic E-state index is 10.3. The molecule has 72 valence electrons. The average molecular weight is 172 g/mol. The molecule has 0 aromatic heterocycles. The topological polar surface area (TPSA) is 29.5 Å². The molecular weight excluding hydrogens is 152 g/mol. The van der Waals surface area contributed by atoms with Crippen LogP contribution in [0.25, 0.3) is 0 Å². The molecule has 1 unspecified atom stereocenters. The molecule has 12 heavy (non-hydrogen) atoms. The molecule has 1 rings (SSSR count). The van der Waals surface area contributed by atoms with Crippen LogP contribution in [0.15, 0.2) is 0 Å². The second-order valence-electron chi connectivity index (χ2n) is 4.75. The minimum Gasteiger partial charge on any atom is -0.389 e. The normalized spacial score (nSPS) is 33.0. The van der Waals surface area contributed by atoms with Crippen LogP contribution in [0.2, 0.25) is 0 Å². The summed E-state index contributed by atoms with van der Waals surface area (Å²) in [4.78, 5) is 0. The Morgan fingerprint density at radius 1 is 1.17 bits per heavy atom. The Hall–Kier alpha value is -0.0800. The van der Waals surface area contributed by atoms with Gasteiger partial charge in [-0.05, 0) is 24.7 Å². The molecule has 1 saturated heterocycles. The summed E-state index contributed by atoms with van der Waals surface area (Å²) in [5, 5.41) is 10.3. The van der Waals surface area contributed by atoms with E-state index in [0.717, 1.165) is 25.9 Å². The minimum atomic E-state index is -0.524. The van der Waals surface area contributed by atoms with E-state index in [1.807, 2.05) is 0 Å². The van der Waals surface area contributed by atoms with Crippen molar-refractivity contribution >= 4 is 0 Å². The van der Waals surface area contributed by atoms with Gasteiger partial charge in [-0.15, -0.1) is 0 Å². The third kappa shape index (κ3) is 1.99. The van der Waals surface area contributed by atoms with Crippen LogP contribution in [0, 0.1) is 5.41 Å². The Labute approximate surface area is 74.9 Å². The first-order valence-corrected chi connectivity index (χ1v) is 4.76. The van der Waals surface area contributed by atoms with E-state index in [1.54, 1.807) is 0 Å². The fourth-order valence-corrected chi connectivity index (χ4v) is 1.68. The molecule has 2 heteroatoms. The number of ether oxygens (including phenoxy) is 1. The molecule has 0 aromatic rings. The zero-order valence-corrected chi connectivity index (χ0v) is 8.39. The SMILES string of the molecule is CC(C)(C)C1(O)CCCOCC1. The molecule has 0 saturated carbocycles. The van der Waals surface area contributed by atoms with Gasteiger partial charge in [-0.3, -0.25) is 0 Å². The van der Waals surface area contributed by atoms with Gasteiger partial charge in [0.05, 0.1) is 5.60 Å². The van der Waals surface area contributed by atoms with Crippen LogP contribution in [0.5, 0.6) is 0 Å². The highest BCUT2D eigenvalue weighted by Crippen LogP contribution is 2.38. The molecule has 0 aliphatic carbocycles. The van der Waals surface area contributed by atoms with E-state index in [0.29, 0.717) is 6.61 Å². The predicted molar refractivity (Wildman–Crippen MR) is 49.1 cm³/mol. The lowest BCUT2D eigenvalue weighted by molar-refractivity contribution is -0.0715. The molecule has 2 nitrogen and oxygen atoms in total. The summed E-state index contributed by atoms with van der Waals surface area (Å²) < 4.78 is 5.33. The van der Waals surface area contributed by atoms with Crippen LogP contribution in [0.1, 0.15) is 40.0 Å². The van der Waals surface area contributed by atoms with Crippen LogP contribution in [0.4, 0.5) is 0 Å². The summed E-state index contributed by atoms with van der Waals surface area (Å²) in [6, 6.07) is 0. The lowest BCUT2D eigenvalue weighted by Gasteiger charge is -2.39. The number of rotatable bonds is 0. The summed E-state index contributed by atoms with van der Waals surface area (Å²) >= 11 is 0. The molecule has 0 spiro atoms. The van der Waals surface area contributed by atoms with Crippen LogP contribution in [-0.2, 0) is 4.74 Å². The molecule has 0 radical (unpaired) electrons. The highest BCUT2D eigenvalue weighted by molar-refractivity contribution is 4.91. The van der Waals surface area contributed by atoms with E-state index < -0.39 is 5.60 Å². The van der Waals surface area contributed by atoms with Crippen LogP contribution >= 0.6 is 0 Å². The predicted octanol–water partition coefficient (Wildman–Crippen LogP) is 1.96. The molecule has 1 atom stereocenters. The smallest absolute Gasteiger partial charge is 0.0718 e. The summed E-state index contributed by atoms with van der Waals surface area (Å²) in [6.45, 7) is 7.79. The van der Waals surface area contributed by atoms with E-state index in [9.17, 15) is 5.11 Å².